The van der Waals surface area contributed by atoms with Gasteiger partial charge in [0, 0.05) is 11.1 Å². The molecule has 1 aromatic heterocycles. The Morgan fingerprint density at radius 3 is 2.78 bits per heavy atom. The Labute approximate surface area is 189 Å². The number of ether oxygens (including phenoxy) is 2. The molecule has 4 rings (SSSR count). The lowest BCUT2D eigenvalue weighted by atomic mass is 10.2. The second-order valence-electron chi connectivity index (χ2n) is 7.24. The molecule has 1 N–H and O–H groups in total. The summed E-state index contributed by atoms with van der Waals surface area (Å²) in [6.07, 6.45) is 2.01. The van der Waals surface area contributed by atoms with Gasteiger partial charge < -0.3 is 14.0 Å². The normalized spacial score (nSPS) is 17.5. The number of para-hydroxylation sites is 1. The molecule has 1 saturated heterocycles. The first-order chi connectivity index (χ1) is 15.5. The van der Waals surface area contributed by atoms with Crippen LogP contribution in [0.4, 0.5) is 0 Å². The van der Waals surface area contributed by atoms with E-state index in [2.05, 4.69) is 11.7 Å². The second kappa shape index (κ2) is 9.69. The first-order valence-corrected chi connectivity index (χ1v) is 12.7. The lowest BCUT2D eigenvalue weighted by Crippen LogP contribution is -2.32. The van der Waals surface area contributed by atoms with E-state index in [9.17, 15) is 14.2 Å². The molecule has 0 radical (unpaired) electrons. The monoisotopic (exact) mass is 471 g/mol. The third-order valence-electron chi connectivity index (χ3n) is 4.79. The molecule has 2 atom stereocenters. The van der Waals surface area contributed by atoms with Crippen molar-refractivity contribution in [2.45, 2.75) is 18.6 Å². The molecule has 1 unspecified atom stereocenters. The van der Waals surface area contributed by atoms with Crippen molar-refractivity contribution in [1.29, 1.82) is 0 Å². The first-order valence-electron chi connectivity index (χ1n) is 10.0. The zero-order valence-electron chi connectivity index (χ0n) is 17.2. The Kier molecular flexibility index (Phi) is 6.74. The number of hydrogen-bond donors (Lipinski definition) is 1. The number of fused-ring (bicyclic) bond motifs is 1. The molecule has 0 amide bonds. The highest BCUT2D eigenvalue weighted by molar-refractivity contribution is 7.56. The topological polar surface area (TPSA) is 90.9 Å². The summed E-state index contributed by atoms with van der Waals surface area (Å²) in [6.45, 7) is 3.97. The molecule has 0 saturated carbocycles. The average Bonchev–Trinajstić information content (AvgIpc) is 3.38. The summed E-state index contributed by atoms with van der Waals surface area (Å²) in [6, 6.07) is 15.5. The zero-order chi connectivity index (χ0) is 22.6. The minimum absolute atomic E-state index is 0.0632. The van der Waals surface area contributed by atoms with E-state index in [0.717, 1.165) is 15.6 Å². The Balaban J connectivity index is 1.59. The van der Waals surface area contributed by atoms with Crippen molar-refractivity contribution in [3.05, 3.63) is 77.7 Å². The van der Waals surface area contributed by atoms with Crippen molar-refractivity contribution < 1.29 is 28.2 Å². The van der Waals surface area contributed by atoms with Gasteiger partial charge in [-0.1, -0.05) is 36.9 Å². The van der Waals surface area contributed by atoms with E-state index >= 15 is 0 Å². The van der Waals surface area contributed by atoms with Gasteiger partial charge >= 0.3 is 19.5 Å². The van der Waals surface area contributed by atoms with Gasteiger partial charge in [-0.3, -0.25) is 9.36 Å². The van der Waals surface area contributed by atoms with Crippen molar-refractivity contribution in [2.24, 2.45) is 0 Å². The Hall–Kier alpha value is -2.93. The number of thiophene rings is 1. The van der Waals surface area contributed by atoms with Crippen LogP contribution in [0.5, 0.6) is 5.75 Å². The summed E-state index contributed by atoms with van der Waals surface area (Å²) >= 11 is 1.33. The van der Waals surface area contributed by atoms with Crippen LogP contribution < -0.4 is 9.61 Å². The fourth-order valence-electron chi connectivity index (χ4n) is 3.34. The third kappa shape index (κ3) is 5.27. The maximum absolute atomic E-state index is 13.8. The Morgan fingerprint density at radius 2 is 2.06 bits per heavy atom. The molecule has 3 aromatic rings. The smallest absolute Gasteiger partial charge is 0.348 e. The molecule has 166 valence electrons. The van der Waals surface area contributed by atoms with E-state index in [1.54, 1.807) is 30.3 Å². The molecule has 0 bridgehead atoms. The number of rotatable bonds is 9. The summed E-state index contributed by atoms with van der Waals surface area (Å²) in [5.41, 5.74) is 0.749. The predicted molar refractivity (Wildman–Crippen MR) is 123 cm³/mol. The van der Waals surface area contributed by atoms with Crippen molar-refractivity contribution >= 4 is 40.9 Å². The number of benzene rings is 2. The van der Waals surface area contributed by atoms with Crippen LogP contribution in [0.15, 0.2) is 67.3 Å². The molecule has 32 heavy (non-hydrogen) atoms. The van der Waals surface area contributed by atoms with Gasteiger partial charge in [-0.2, -0.15) is 0 Å². The van der Waals surface area contributed by atoms with Crippen LogP contribution in [0.1, 0.15) is 21.7 Å². The van der Waals surface area contributed by atoms with Crippen molar-refractivity contribution in [3.8, 4) is 5.75 Å². The third-order valence-corrected chi connectivity index (χ3v) is 7.88. The number of nitrogens with one attached hydrogen (secondary N) is 1. The fourth-order valence-corrected chi connectivity index (χ4v) is 6.34. The van der Waals surface area contributed by atoms with Crippen LogP contribution in [-0.2, 0) is 25.0 Å². The van der Waals surface area contributed by atoms with Gasteiger partial charge in [0.15, 0.2) is 0 Å². The molecule has 7 nitrogen and oxygen atoms in total. The molecule has 1 aliphatic heterocycles. The molecule has 2 aromatic carbocycles. The van der Waals surface area contributed by atoms with E-state index in [4.69, 9.17) is 14.0 Å². The van der Waals surface area contributed by atoms with Gasteiger partial charge in [0.05, 0.1) is 12.8 Å². The van der Waals surface area contributed by atoms with Crippen LogP contribution in [0.25, 0.3) is 10.1 Å². The van der Waals surface area contributed by atoms with Crippen molar-refractivity contribution in [3.63, 3.8) is 0 Å². The number of cyclic esters (lactones) is 1. The highest BCUT2D eigenvalue weighted by Crippen LogP contribution is 2.48. The SMILES string of the molecule is C=CCOC(=O)c1cc2cc(CP(=O)(N[C@H]3CCOC3=O)Oc3ccccc3)ccc2s1. The fraction of sp³-hybridized carbons (Fsp3) is 0.217. The highest BCUT2D eigenvalue weighted by Gasteiger charge is 2.36. The van der Waals surface area contributed by atoms with E-state index in [-0.39, 0.29) is 19.4 Å². The van der Waals surface area contributed by atoms with Gasteiger partial charge in [-0.05, 0) is 41.3 Å². The molecular formula is C23H22NO6PS. The minimum Gasteiger partial charge on any atom is -0.464 e. The van der Waals surface area contributed by atoms with Gasteiger partial charge in [0.2, 0.25) is 0 Å². The Morgan fingerprint density at radius 1 is 1.25 bits per heavy atom. The molecule has 0 spiro atoms. The quantitative estimate of drug-likeness (QED) is 0.269. The summed E-state index contributed by atoms with van der Waals surface area (Å²) in [4.78, 5) is 24.6. The van der Waals surface area contributed by atoms with Crippen molar-refractivity contribution in [1.82, 2.24) is 5.09 Å². The molecule has 1 aliphatic rings. The van der Waals surface area contributed by atoms with E-state index < -0.39 is 25.5 Å². The zero-order valence-corrected chi connectivity index (χ0v) is 18.9. The molecule has 1 fully saturated rings. The largest absolute Gasteiger partial charge is 0.464 e. The number of hydrogen-bond acceptors (Lipinski definition) is 7. The maximum atomic E-state index is 13.8. The predicted octanol–water partition coefficient (Wildman–Crippen LogP) is 4.92. The van der Waals surface area contributed by atoms with E-state index in [1.165, 1.54) is 17.4 Å². The van der Waals surface area contributed by atoms with Gasteiger partial charge in [0.1, 0.15) is 23.3 Å². The minimum atomic E-state index is -3.50. The van der Waals surface area contributed by atoms with Crippen LogP contribution in [0.3, 0.4) is 0 Å². The molecule has 9 heteroatoms. The van der Waals surface area contributed by atoms with Gasteiger partial charge in [-0.15, -0.1) is 11.3 Å². The lowest BCUT2D eigenvalue weighted by Gasteiger charge is -2.22. The number of carbonyl (C=O) groups excluding carboxylic acids is 2. The molecule has 0 aliphatic carbocycles. The average molecular weight is 471 g/mol. The summed E-state index contributed by atoms with van der Waals surface area (Å²) in [5, 5.41) is 3.75. The first kappa shape index (κ1) is 22.3. The second-order valence-corrected chi connectivity index (χ2v) is 10.4. The van der Waals surface area contributed by atoms with Crippen molar-refractivity contribution in [2.75, 3.05) is 13.2 Å². The maximum Gasteiger partial charge on any atom is 0.348 e. The van der Waals surface area contributed by atoms with Gasteiger partial charge in [0.25, 0.3) is 0 Å². The summed E-state index contributed by atoms with van der Waals surface area (Å²) in [5.74, 6) is -0.399. The van der Waals surface area contributed by atoms with Crippen LogP contribution in [0.2, 0.25) is 0 Å². The highest BCUT2D eigenvalue weighted by atomic mass is 32.1. The summed E-state index contributed by atoms with van der Waals surface area (Å²) < 4.78 is 30.7. The Bertz CT molecular complexity index is 1190. The van der Waals surface area contributed by atoms with E-state index in [0.29, 0.717) is 17.0 Å². The van der Waals surface area contributed by atoms with Crippen LogP contribution in [-0.4, -0.2) is 31.2 Å². The lowest BCUT2D eigenvalue weighted by molar-refractivity contribution is -0.139. The number of carbonyl (C=O) groups is 2. The molecule has 2 heterocycles. The van der Waals surface area contributed by atoms with Gasteiger partial charge in [-0.25, -0.2) is 9.88 Å². The standard InChI is InChI=1S/C23H22NO6PS/c1-2-11-28-23(26)21-14-17-13-16(8-9-20(17)32-21)15-31(27,24-19-10-12-29-22(19)25)30-18-6-4-3-5-7-18/h2-9,13-14,19H,1,10-12,15H2,(H,24,27)/t19-,31?/m0/s1. The van der Waals surface area contributed by atoms with Crippen LogP contribution in [0, 0.1) is 0 Å². The van der Waals surface area contributed by atoms with E-state index in [1.807, 2.05) is 24.3 Å². The summed E-state index contributed by atoms with van der Waals surface area (Å²) in [7, 11) is -3.50. The van der Waals surface area contributed by atoms with Crippen LogP contribution >= 0.6 is 18.9 Å². The molecular weight excluding hydrogens is 449 g/mol. The number of esters is 2.